The SMILES string of the molecule is CCN(CCO)C(=O)NCc1ccc(Cl)cc1. The van der Waals surface area contributed by atoms with Gasteiger partial charge in [-0.15, -0.1) is 0 Å². The highest BCUT2D eigenvalue weighted by Crippen LogP contribution is 2.09. The van der Waals surface area contributed by atoms with Gasteiger partial charge in [-0.05, 0) is 24.6 Å². The van der Waals surface area contributed by atoms with Gasteiger partial charge in [0, 0.05) is 24.7 Å². The van der Waals surface area contributed by atoms with E-state index in [9.17, 15) is 4.79 Å². The molecule has 17 heavy (non-hydrogen) atoms. The second kappa shape index (κ2) is 7.14. The van der Waals surface area contributed by atoms with E-state index < -0.39 is 0 Å². The number of aliphatic hydroxyl groups is 1. The van der Waals surface area contributed by atoms with Gasteiger partial charge in [0.15, 0.2) is 0 Å². The molecule has 0 aromatic heterocycles. The number of aliphatic hydroxyl groups excluding tert-OH is 1. The topological polar surface area (TPSA) is 52.6 Å². The number of carbonyl (C=O) groups excluding carboxylic acids is 1. The van der Waals surface area contributed by atoms with Crippen LogP contribution in [-0.2, 0) is 6.54 Å². The first-order chi connectivity index (χ1) is 8.17. The van der Waals surface area contributed by atoms with Crippen molar-refractivity contribution in [3.8, 4) is 0 Å². The molecular formula is C12H17ClN2O2. The summed E-state index contributed by atoms with van der Waals surface area (Å²) in [6, 6.07) is 7.13. The fourth-order valence-corrected chi connectivity index (χ4v) is 1.54. The minimum absolute atomic E-state index is 0.0256. The van der Waals surface area contributed by atoms with Crippen LogP contribution in [0.3, 0.4) is 0 Å². The first-order valence-electron chi connectivity index (χ1n) is 5.55. The summed E-state index contributed by atoms with van der Waals surface area (Å²) in [6.45, 7) is 3.23. The summed E-state index contributed by atoms with van der Waals surface area (Å²) in [4.78, 5) is 13.2. The number of likely N-dealkylation sites (N-methyl/N-ethyl adjacent to an activating group) is 1. The number of nitrogens with zero attached hydrogens (tertiary/aromatic N) is 1. The number of hydrogen-bond acceptors (Lipinski definition) is 2. The lowest BCUT2D eigenvalue weighted by molar-refractivity contribution is 0.180. The van der Waals surface area contributed by atoms with E-state index >= 15 is 0 Å². The molecule has 0 radical (unpaired) electrons. The molecule has 1 aromatic carbocycles. The molecule has 0 saturated carbocycles. The van der Waals surface area contributed by atoms with Crippen molar-refractivity contribution in [2.45, 2.75) is 13.5 Å². The molecule has 1 rings (SSSR count). The van der Waals surface area contributed by atoms with Crippen molar-refractivity contribution >= 4 is 17.6 Å². The van der Waals surface area contributed by atoms with Gasteiger partial charge in [-0.1, -0.05) is 23.7 Å². The van der Waals surface area contributed by atoms with Crippen LogP contribution in [0.4, 0.5) is 4.79 Å². The zero-order chi connectivity index (χ0) is 12.7. The van der Waals surface area contributed by atoms with Crippen LogP contribution < -0.4 is 5.32 Å². The smallest absolute Gasteiger partial charge is 0.317 e. The highest BCUT2D eigenvalue weighted by molar-refractivity contribution is 6.30. The van der Waals surface area contributed by atoms with Crippen LogP contribution in [0, 0.1) is 0 Å². The van der Waals surface area contributed by atoms with E-state index in [4.69, 9.17) is 16.7 Å². The van der Waals surface area contributed by atoms with Gasteiger partial charge in [0.25, 0.3) is 0 Å². The summed E-state index contributed by atoms with van der Waals surface area (Å²) in [5.41, 5.74) is 0.989. The molecule has 0 spiro atoms. The Labute approximate surface area is 106 Å². The number of nitrogens with one attached hydrogen (secondary N) is 1. The number of halogens is 1. The maximum atomic E-state index is 11.7. The van der Waals surface area contributed by atoms with E-state index in [1.54, 1.807) is 17.0 Å². The van der Waals surface area contributed by atoms with Crippen molar-refractivity contribution < 1.29 is 9.90 Å². The number of benzene rings is 1. The molecule has 0 heterocycles. The van der Waals surface area contributed by atoms with Crippen molar-refractivity contribution in [3.05, 3.63) is 34.9 Å². The van der Waals surface area contributed by atoms with Crippen LogP contribution in [-0.4, -0.2) is 35.7 Å². The van der Waals surface area contributed by atoms with Crippen molar-refractivity contribution in [3.63, 3.8) is 0 Å². The maximum absolute atomic E-state index is 11.7. The third-order valence-electron chi connectivity index (χ3n) is 2.40. The first kappa shape index (κ1) is 13.8. The predicted octanol–water partition coefficient (Wildman–Crippen LogP) is 1.86. The number of carbonyl (C=O) groups is 1. The molecule has 94 valence electrons. The number of hydrogen-bond donors (Lipinski definition) is 2. The minimum Gasteiger partial charge on any atom is -0.395 e. The summed E-state index contributed by atoms with van der Waals surface area (Å²) in [6.07, 6.45) is 0. The van der Waals surface area contributed by atoms with Crippen molar-refractivity contribution in [2.75, 3.05) is 19.7 Å². The third-order valence-corrected chi connectivity index (χ3v) is 2.65. The highest BCUT2D eigenvalue weighted by Gasteiger charge is 2.09. The summed E-state index contributed by atoms with van der Waals surface area (Å²) >= 11 is 5.77. The fraction of sp³-hybridized carbons (Fsp3) is 0.417. The Morgan fingerprint density at radius 1 is 1.41 bits per heavy atom. The van der Waals surface area contributed by atoms with E-state index in [0.29, 0.717) is 24.7 Å². The Balaban J connectivity index is 2.44. The van der Waals surface area contributed by atoms with E-state index in [0.717, 1.165) is 5.56 Å². The van der Waals surface area contributed by atoms with E-state index in [1.807, 2.05) is 19.1 Å². The van der Waals surface area contributed by atoms with Gasteiger partial charge in [0.05, 0.1) is 6.61 Å². The molecule has 0 saturated heterocycles. The molecule has 4 nitrogen and oxygen atoms in total. The Morgan fingerprint density at radius 3 is 2.59 bits per heavy atom. The largest absolute Gasteiger partial charge is 0.395 e. The molecule has 0 bridgehead atoms. The Bertz CT molecular complexity index is 354. The lowest BCUT2D eigenvalue weighted by atomic mass is 10.2. The van der Waals surface area contributed by atoms with Gasteiger partial charge in [-0.3, -0.25) is 0 Å². The molecule has 0 aliphatic rings. The van der Waals surface area contributed by atoms with Crippen LogP contribution in [0.5, 0.6) is 0 Å². The molecule has 0 unspecified atom stereocenters. The number of rotatable bonds is 5. The van der Waals surface area contributed by atoms with Crippen LogP contribution in [0.25, 0.3) is 0 Å². The van der Waals surface area contributed by atoms with Crippen LogP contribution in [0.15, 0.2) is 24.3 Å². The Kier molecular flexibility index (Phi) is 5.80. The molecule has 2 N–H and O–H groups in total. The summed E-state index contributed by atoms with van der Waals surface area (Å²) < 4.78 is 0. The van der Waals surface area contributed by atoms with E-state index in [2.05, 4.69) is 5.32 Å². The summed E-state index contributed by atoms with van der Waals surface area (Å²) in [7, 11) is 0. The molecule has 0 aliphatic heterocycles. The average Bonchev–Trinajstić information content (AvgIpc) is 2.35. The molecule has 0 fully saturated rings. The van der Waals surface area contributed by atoms with Gasteiger partial charge in [0.1, 0.15) is 0 Å². The molecule has 2 amide bonds. The van der Waals surface area contributed by atoms with Crippen molar-refractivity contribution in [2.24, 2.45) is 0 Å². The number of urea groups is 1. The summed E-state index contributed by atoms with van der Waals surface area (Å²) in [5, 5.41) is 12.3. The molecule has 0 aliphatic carbocycles. The van der Waals surface area contributed by atoms with Crippen LogP contribution in [0.1, 0.15) is 12.5 Å². The maximum Gasteiger partial charge on any atom is 0.317 e. The Hall–Kier alpha value is -1.26. The average molecular weight is 257 g/mol. The highest BCUT2D eigenvalue weighted by atomic mass is 35.5. The van der Waals surface area contributed by atoms with Gasteiger partial charge in [-0.2, -0.15) is 0 Å². The standard InChI is InChI=1S/C12H17ClN2O2/c1-2-15(7-8-16)12(17)14-9-10-3-5-11(13)6-4-10/h3-6,16H,2,7-9H2,1H3,(H,14,17). The predicted molar refractivity (Wildman–Crippen MR) is 68.0 cm³/mol. The molecule has 1 aromatic rings. The van der Waals surface area contributed by atoms with Gasteiger partial charge >= 0.3 is 6.03 Å². The van der Waals surface area contributed by atoms with Crippen molar-refractivity contribution in [1.29, 1.82) is 0 Å². The van der Waals surface area contributed by atoms with Gasteiger partial charge in [0.2, 0.25) is 0 Å². The Morgan fingerprint density at radius 2 is 2.06 bits per heavy atom. The van der Waals surface area contributed by atoms with Gasteiger partial charge in [-0.25, -0.2) is 4.79 Å². The third kappa shape index (κ3) is 4.63. The second-order valence-corrected chi connectivity index (χ2v) is 4.02. The van der Waals surface area contributed by atoms with Crippen LogP contribution in [0.2, 0.25) is 5.02 Å². The minimum atomic E-state index is -0.170. The fourth-order valence-electron chi connectivity index (χ4n) is 1.42. The summed E-state index contributed by atoms with van der Waals surface area (Å²) in [5.74, 6) is 0. The lowest BCUT2D eigenvalue weighted by Gasteiger charge is -2.20. The quantitative estimate of drug-likeness (QED) is 0.845. The van der Waals surface area contributed by atoms with Crippen molar-refractivity contribution in [1.82, 2.24) is 10.2 Å². The zero-order valence-electron chi connectivity index (χ0n) is 9.82. The zero-order valence-corrected chi connectivity index (χ0v) is 10.6. The molecule has 5 heteroatoms. The monoisotopic (exact) mass is 256 g/mol. The van der Waals surface area contributed by atoms with Gasteiger partial charge < -0.3 is 15.3 Å². The molecule has 0 atom stereocenters. The van der Waals surface area contributed by atoms with E-state index in [-0.39, 0.29) is 12.6 Å². The lowest BCUT2D eigenvalue weighted by Crippen LogP contribution is -2.40. The number of amides is 2. The molecular weight excluding hydrogens is 240 g/mol. The van der Waals surface area contributed by atoms with E-state index in [1.165, 1.54) is 0 Å². The van der Waals surface area contributed by atoms with Crippen LogP contribution >= 0.6 is 11.6 Å². The normalized spacial score (nSPS) is 10.1. The second-order valence-electron chi connectivity index (χ2n) is 3.59. The first-order valence-corrected chi connectivity index (χ1v) is 5.93.